The summed E-state index contributed by atoms with van der Waals surface area (Å²) in [6.45, 7) is 9.56. The van der Waals surface area contributed by atoms with Crippen LogP contribution in [0.15, 0.2) is 0 Å². The third-order valence-corrected chi connectivity index (χ3v) is 18.4. The summed E-state index contributed by atoms with van der Waals surface area (Å²) in [4.78, 5) is 72.5. The van der Waals surface area contributed by atoms with E-state index in [1.54, 1.807) is 0 Å². The van der Waals surface area contributed by atoms with Gasteiger partial charge in [0.15, 0.2) is 12.2 Å². The fraction of sp³-hybridized carbons (Fsp3) is 0.944. The molecule has 0 aliphatic heterocycles. The molecule has 5 atom stereocenters. The molecule has 0 saturated carbocycles. The number of rotatable bonds is 70. The van der Waals surface area contributed by atoms with Crippen molar-refractivity contribution in [1.82, 2.24) is 0 Å². The summed E-state index contributed by atoms with van der Waals surface area (Å²) in [5, 5.41) is 10.6. The van der Waals surface area contributed by atoms with E-state index < -0.39 is 97.5 Å². The van der Waals surface area contributed by atoms with Crippen LogP contribution >= 0.6 is 15.6 Å². The number of hydrogen-bond acceptors (Lipinski definition) is 15. The zero-order valence-corrected chi connectivity index (χ0v) is 60.2. The van der Waals surface area contributed by atoms with Crippen LogP contribution in [0, 0.1) is 11.8 Å². The Morgan fingerprint density at radius 2 is 0.511 bits per heavy atom. The lowest BCUT2D eigenvalue weighted by molar-refractivity contribution is -0.161. The van der Waals surface area contributed by atoms with Crippen LogP contribution in [-0.2, 0) is 65.4 Å². The van der Waals surface area contributed by atoms with Crippen molar-refractivity contribution in [2.24, 2.45) is 11.8 Å². The van der Waals surface area contributed by atoms with Gasteiger partial charge in [-0.2, -0.15) is 0 Å². The second kappa shape index (κ2) is 63.1. The fourth-order valence-electron chi connectivity index (χ4n) is 10.8. The summed E-state index contributed by atoms with van der Waals surface area (Å²) in [5.74, 6) is -0.558. The van der Waals surface area contributed by atoms with Gasteiger partial charge in [-0.25, -0.2) is 9.13 Å². The smallest absolute Gasteiger partial charge is 0.462 e. The lowest BCUT2D eigenvalue weighted by atomic mass is 10.0. The molecular weight excluding hydrogens is 1190 g/mol. The average molecular weight is 1330 g/mol. The normalized spacial score (nSPS) is 14.1. The Kier molecular flexibility index (Phi) is 61.8. The van der Waals surface area contributed by atoms with Gasteiger partial charge in [-0.3, -0.25) is 37.3 Å². The van der Waals surface area contributed by atoms with Crippen LogP contribution < -0.4 is 0 Å². The van der Waals surface area contributed by atoms with Gasteiger partial charge in [0.25, 0.3) is 0 Å². The van der Waals surface area contributed by atoms with E-state index in [1.165, 1.54) is 173 Å². The minimum absolute atomic E-state index is 0.107. The molecule has 0 aromatic carbocycles. The maximum absolute atomic E-state index is 13.0. The third kappa shape index (κ3) is 64.8. The number of carbonyl (C=O) groups is 4. The van der Waals surface area contributed by atoms with E-state index in [4.69, 9.17) is 37.0 Å². The lowest BCUT2D eigenvalue weighted by Crippen LogP contribution is -2.30. The van der Waals surface area contributed by atoms with Gasteiger partial charge in [0, 0.05) is 25.7 Å². The molecule has 0 bridgehead atoms. The summed E-state index contributed by atoms with van der Waals surface area (Å²) in [6.07, 6.45) is 48.5. The number of unbranched alkanes of at least 4 members (excludes halogenated alkanes) is 40. The SMILES string of the molecule is CCCCCCCCCCCCCC(=O)O[C@H](COC(=O)CCCCCCCCCC)COP(=O)(O)OC[C@H](O)COP(=O)(O)OC[C@@H](COC(=O)CCCCCCCCCCCCCC(C)C)OC(=O)CCCCCCCCCCCCCCCCC(C)C. The summed E-state index contributed by atoms with van der Waals surface area (Å²) in [7, 11) is -9.90. The molecule has 3 N–H and O–H groups in total. The summed E-state index contributed by atoms with van der Waals surface area (Å²) in [6, 6.07) is 0. The van der Waals surface area contributed by atoms with Crippen molar-refractivity contribution < 1.29 is 80.2 Å². The van der Waals surface area contributed by atoms with Crippen molar-refractivity contribution in [2.45, 2.75) is 381 Å². The van der Waals surface area contributed by atoms with Gasteiger partial charge in [0.1, 0.15) is 19.3 Å². The van der Waals surface area contributed by atoms with E-state index in [2.05, 4.69) is 41.5 Å². The van der Waals surface area contributed by atoms with Crippen molar-refractivity contribution in [3.8, 4) is 0 Å². The molecule has 0 aromatic rings. The number of ether oxygens (including phenoxy) is 4. The van der Waals surface area contributed by atoms with Crippen LogP contribution in [0.5, 0.6) is 0 Å². The number of aliphatic hydroxyl groups is 1. The molecule has 19 heteroatoms. The van der Waals surface area contributed by atoms with E-state index in [0.29, 0.717) is 25.7 Å². The summed E-state index contributed by atoms with van der Waals surface area (Å²) in [5.41, 5.74) is 0. The highest BCUT2D eigenvalue weighted by atomic mass is 31.2. The standard InChI is InChI=1S/C71H138O17P2/c1-7-9-11-13-15-17-23-31-37-43-49-55-70(75)87-66(59-81-68(73)53-47-41-35-16-14-12-10-8-2)61-85-89(77,78)83-57-65(72)58-84-90(79,80)86-62-67(60-82-69(74)54-48-42-36-30-27-22-25-29-34-40-46-52-64(5)6)88-71(76)56-50-44-38-32-26-21-19-18-20-24-28-33-39-45-51-63(3)4/h63-67,72H,7-62H2,1-6H3,(H,77,78)(H,79,80)/t65-,66+,67+/m0/s1. The first-order valence-corrected chi connectivity index (χ1v) is 40.0. The van der Waals surface area contributed by atoms with Gasteiger partial charge < -0.3 is 33.8 Å². The molecule has 0 rings (SSSR count). The molecule has 0 saturated heterocycles. The Labute approximate surface area is 549 Å². The van der Waals surface area contributed by atoms with Crippen LogP contribution in [0.25, 0.3) is 0 Å². The maximum Gasteiger partial charge on any atom is 0.472 e. The largest absolute Gasteiger partial charge is 0.472 e. The van der Waals surface area contributed by atoms with E-state index in [-0.39, 0.29) is 25.7 Å². The first kappa shape index (κ1) is 88.1. The number of carbonyl (C=O) groups excluding carboxylic acids is 4. The predicted molar refractivity (Wildman–Crippen MR) is 363 cm³/mol. The number of hydrogen-bond donors (Lipinski definition) is 3. The highest BCUT2D eigenvalue weighted by Crippen LogP contribution is 2.45. The van der Waals surface area contributed by atoms with Crippen LogP contribution in [0.2, 0.25) is 0 Å². The molecule has 0 aromatic heterocycles. The molecule has 0 spiro atoms. The average Bonchev–Trinajstić information content (AvgIpc) is 3.71. The molecule has 0 radical (unpaired) electrons. The Bertz CT molecular complexity index is 1750. The second-order valence-corrected chi connectivity index (χ2v) is 29.5. The molecule has 0 fully saturated rings. The van der Waals surface area contributed by atoms with Crippen LogP contribution in [-0.4, -0.2) is 96.7 Å². The molecule has 534 valence electrons. The highest BCUT2D eigenvalue weighted by molar-refractivity contribution is 7.47. The molecule has 0 aliphatic carbocycles. The summed E-state index contributed by atoms with van der Waals surface area (Å²) >= 11 is 0. The minimum Gasteiger partial charge on any atom is -0.462 e. The molecule has 0 amide bonds. The molecule has 90 heavy (non-hydrogen) atoms. The molecule has 17 nitrogen and oxygen atoms in total. The zero-order valence-electron chi connectivity index (χ0n) is 58.4. The van der Waals surface area contributed by atoms with Gasteiger partial charge in [-0.1, -0.05) is 311 Å². The zero-order chi connectivity index (χ0) is 66.5. The van der Waals surface area contributed by atoms with Gasteiger partial charge >= 0.3 is 39.5 Å². The minimum atomic E-state index is -4.95. The third-order valence-electron chi connectivity index (χ3n) is 16.5. The Morgan fingerprint density at radius 1 is 0.300 bits per heavy atom. The van der Waals surface area contributed by atoms with E-state index in [9.17, 15) is 43.2 Å². The van der Waals surface area contributed by atoms with E-state index in [0.717, 1.165) is 108 Å². The first-order chi connectivity index (χ1) is 43.4. The van der Waals surface area contributed by atoms with Gasteiger partial charge in [-0.15, -0.1) is 0 Å². The molecular formula is C71H138O17P2. The Morgan fingerprint density at radius 3 is 0.756 bits per heavy atom. The maximum atomic E-state index is 13.0. The lowest BCUT2D eigenvalue weighted by Gasteiger charge is -2.21. The topological polar surface area (TPSA) is 237 Å². The predicted octanol–water partition coefficient (Wildman–Crippen LogP) is 20.4. The monoisotopic (exact) mass is 1320 g/mol. The number of phosphoric ester groups is 2. The van der Waals surface area contributed by atoms with Crippen molar-refractivity contribution in [1.29, 1.82) is 0 Å². The van der Waals surface area contributed by atoms with Crippen molar-refractivity contribution >= 4 is 39.5 Å². The van der Waals surface area contributed by atoms with Gasteiger partial charge in [0.05, 0.1) is 26.4 Å². The highest BCUT2D eigenvalue weighted by Gasteiger charge is 2.30. The molecule has 0 aliphatic rings. The number of phosphoric acid groups is 2. The second-order valence-electron chi connectivity index (χ2n) is 26.6. The van der Waals surface area contributed by atoms with Crippen molar-refractivity contribution in [2.75, 3.05) is 39.6 Å². The van der Waals surface area contributed by atoms with Gasteiger partial charge in [0.2, 0.25) is 0 Å². The Balaban J connectivity index is 5.22. The van der Waals surface area contributed by atoms with E-state index in [1.807, 2.05) is 0 Å². The Hall–Kier alpha value is -1.94. The van der Waals surface area contributed by atoms with E-state index >= 15 is 0 Å². The quantitative estimate of drug-likeness (QED) is 0.0222. The first-order valence-electron chi connectivity index (χ1n) is 37.0. The van der Waals surface area contributed by atoms with Crippen LogP contribution in [0.1, 0.15) is 363 Å². The summed E-state index contributed by atoms with van der Waals surface area (Å²) < 4.78 is 68.3. The van der Waals surface area contributed by atoms with Crippen LogP contribution in [0.4, 0.5) is 0 Å². The fourth-order valence-corrected chi connectivity index (χ4v) is 12.3. The molecule has 2 unspecified atom stereocenters. The number of aliphatic hydroxyl groups excluding tert-OH is 1. The number of esters is 4. The molecule has 0 heterocycles. The van der Waals surface area contributed by atoms with Crippen LogP contribution in [0.3, 0.4) is 0 Å². The van der Waals surface area contributed by atoms with Crippen molar-refractivity contribution in [3.05, 3.63) is 0 Å². The van der Waals surface area contributed by atoms with Gasteiger partial charge in [-0.05, 0) is 37.5 Å². The van der Waals surface area contributed by atoms with Crippen molar-refractivity contribution in [3.63, 3.8) is 0 Å².